The van der Waals surface area contributed by atoms with Crippen molar-refractivity contribution in [2.45, 2.75) is 58.0 Å². The number of carbonyl (C=O) groups excluding carboxylic acids is 1. The van der Waals surface area contributed by atoms with Crippen LogP contribution in [-0.4, -0.2) is 37.9 Å². The lowest BCUT2D eigenvalue weighted by atomic mass is 10.1. The Morgan fingerprint density at radius 2 is 1.74 bits per heavy atom. The van der Waals surface area contributed by atoms with Crippen molar-refractivity contribution in [2.75, 3.05) is 25.6 Å². The van der Waals surface area contributed by atoms with Crippen LogP contribution in [0.15, 0.2) is 24.3 Å². The molecule has 1 aromatic rings. The van der Waals surface area contributed by atoms with Crippen LogP contribution in [0, 0.1) is 0 Å². The third-order valence-electron chi connectivity index (χ3n) is 4.10. The zero-order chi connectivity index (χ0) is 17.1. The molecule has 0 bridgehead atoms. The highest BCUT2D eigenvalue weighted by atomic mass is 16.5. The summed E-state index contributed by atoms with van der Waals surface area (Å²) in [7, 11) is 3.33. The normalized spacial score (nSPS) is 12.0. The van der Waals surface area contributed by atoms with Gasteiger partial charge < -0.3 is 14.7 Å². The first kappa shape index (κ1) is 19.5. The van der Waals surface area contributed by atoms with Crippen molar-refractivity contribution in [3.05, 3.63) is 29.8 Å². The number of ether oxygens (including phenoxy) is 1. The van der Waals surface area contributed by atoms with E-state index in [-0.39, 0.29) is 12.1 Å². The van der Waals surface area contributed by atoms with Gasteiger partial charge in [-0.05, 0) is 30.7 Å². The molecule has 0 radical (unpaired) electrons. The van der Waals surface area contributed by atoms with Crippen molar-refractivity contribution in [1.82, 2.24) is 0 Å². The van der Waals surface area contributed by atoms with Gasteiger partial charge in [-0.1, -0.05) is 45.4 Å². The minimum Gasteiger partial charge on any atom is -0.465 e. The first-order valence-electron chi connectivity index (χ1n) is 8.66. The third-order valence-corrected chi connectivity index (χ3v) is 4.10. The predicted molar refractivity (Wildman–Crippen MR) is 95.1 cm³/mol. The molecule has 0 saturated carbocycles. The molecule has 0 aliphatic carbocycles. The highest BCUT2D eigenvalue weighted by Crippen LogP contribution is 2.16. The van der Waals surface area contributed by atoms with Crippen molar-refractivity contribution < 1.29 is 14.6 Å². The molecule has 1 rings (SSSR count). The van der Waals surface area contributed by atoms with E-state index in [1.54, 1.807) is 12.1 Å². The monoisotopic (exact) mass is 321 g/mol. The second-order valence-corrected chi connectivity index (χ2v) is 6.13. The van der Waals surface area contributed by atoms with Gasteiger partial charge in [0.1, 0.15) is 0 Å². The van der Waals surface area contributed by atoms with Gasteiger partial charge in [-0.15, -0.1) is 0 Å². The first-order chi connectivity index (χ1) is 11.1. The number of benzene rings is 1. The predicted octanol–water partition coefficient (Wildman–Crippen LogP) is 4.02. The lowest BCUT2D eigenvalue weighted by Gasteiger charge is -2.23. The molecule has 0 spiro atoms. The molecule has 0 aliphatic rings. The molecule has 0 aliphatic heterocycles. The molecular formula is C19H31NO3. The van der Waals surface area contributed by atoms with Gasteiger partial charge >= 0.3 is 5.97 Å². The van der Waals surface area contributed by atoms with Crippen LogP contribution in [0.5, 0.6) is 0 Å². The van der Waals surface area contributed by atoms with Crippen LogP contribution >= 0.6 is 0 Å². The van der Waals surface area contributed by atoms with Gasteiger partial charge in [0.2, 0.25) is 0 Å². The molecule has 0 fully saturated rings. The average Bonchev–Trinajstić information content (AvgIpc) is 2.57. The lowest BCUT2D eigenvalue weighted by molar-refractivity contribution is 0.0600. The van der Waals surface area contributed by atoms with E-state index in [1.165, 1.54) is 39.2 Å². The van der Waals surface area contributed by atoms with Crippen molar-refractivity contribution in [3.63, 3.8) is 0 Å². The van der Waals surface area contributed by atoms with Gasteiger partial charge in [0, 0.05) is 19.3 Å². The Balaban J connectivity index is 2.31. The molecule has 1 unspecified atom stereocenters. The van der Waals surface area contributed by atoms with Gasteiger partial charge in [0.15, 0.2) is 0 Å². The lowest BCUT2D eigenvalue weighted by Crippen LogP contribution is -2.28. The molecule has 0 heterocycles. The Kier molecular flexibility index (Phi) is 9.37. The van der Waals surface area contributed by atoms with Crippen LogP contribution < -0.4 is 4.90 Å². The van der Waals surface area contributed by atoms with E-state index in [2.05, 4.69) is 11.7 Å². The number of anilines is 1. The summed E-state index contributed by atoms with van der Waals surface area (Å²) in [6.45, 7) is 2.82. The first-order valence-corrected chi connectivity index (χ1v) is 8.66. The molecular weight excluding hydrogens is 290 g/mol. The number of likely N-dealkylation sites (N-methyl/N-ethyl adjacent to an activating group) is 1. The van der Waals surface area contributed by atoms with Gasteiger partial charge in [0.05, 0.1) is 18.8 Å². The zero-order valence-corrected chi connectivity index (χ0v) is 14.8. The van der Waals surface area contributed by atoms with E-state index in [9.17, 15) is 9.90 Å². The van der Waals surface area contributed by atoms with Gasteiger partial charge in [-0.3, -0.25) is 0 Å². The largest absolute Gasteiger partial charge is 0.465 e. The Morgan fingerprint density at radius 3 is 2.35 bits per heavy atom. The maximum Gasteiger partial charge on any atom is 0.337 e. The van der Waals surface area contributed by atoms with Crippen LogP contribution in [0.25, 0.3) is 0 Å². The number of aliphatic hydroxyl groups excluding tert-OH is 1. The topological polar surface area (TPSA) is 49.8 Å². The summed E-state index contributed by atoms with van der Waals surface area (Å²) in [4.78, 5) is 13.4. The molecule has 4 heteroatoms. The molecule has 23 heavy (non-hydrogen) atoms. The fourth-order valence-corrected chi connectivity index (χ4v) is 2.64. The van der Waals surface area contributed by atoms with E-state index in [0.717, 1.165) is 18.5 Å². The third kappa shape index (κ3) is 7.51. The number of hydrogen-bond acceptors (Lipinski definition) is 4. The Bertz CT molecular complexity index is 444. The SMILES string of the molecule is CCCCCCCCC(O)CN(C)c1ccc(C(=O)OC)cc1. The van der Waals surface area contributed by atoms with Gasteiger partial charge in [-0.2, -0.15) is 0 Å². The standard InChI is InChI=1S/C19H31NO3/c1-4-5-6-7-8-9-10-18(21)15-20(2)17-13-11-16(12-14-17)19(22)23-3/h11-14,18,21H,4-10,15H2,1-3H3. The smallest absolute Gasteiger partial charge is 0.337 e. The number of hydrogen-bond donors (Lipinski definition) is 1. The van der Waals surface area contributed by atoms with Crippen LogP contribution in [0.2, 0.25) is 0 Å². The van der Waals surface area contributed by atoms with Crippen LogP contribution in [0.4, 0.5) is 5.69 Å². The highest BCUT2D eigenvalue weighted by Gasteiger charge is 2.10. The van der Waals surface area contributed by atoms with E-state index >= 15 is 0 Å². The minimum absolute atomic E-state index is 0.313. The van der Waals surface area contributed by atoms with Crippen LogP contribution in [0.3, 0.4) is 0 Å². The molecule has 1 aromatic carbocycles. The second kappa shape index (κ2) is 11.1. The Morgan fingerprint density at radius 1 is 1.13 bits per heavy atom. The van der Waals surface area contributed by atoms with Gasteiger partial charge in [0.25, 0.3) is 0 Å². The summed E-state index contributed by atoms with van der Waals surface area (Å²) in [6, 6.07) is 7.25. The summed E-state index contributed by atoms with van der Waals surface area (Å²) < 4.78 is 4.69. The van der Waals surface area contributed by atoms with Crippen molar-refractivity contribution in [2.24, 2.45) is 0 Å². The van der Waals surface area contributed by atoms with Crippen molar-refractivity contribution in [1.29, 1.82) is 0 Å². The maximum absolute atomic E-state index is 11.4. The van der Waals surface area contributed by atoms with E-state index in [0.29, 0.717) is 12.1 Å². The van der Waals surface area contributed by atoms with Gasteiger partial charge in [-0.25, -0.2) is 4.79 Å². The van der Waals surface area contributed by atoms with Crippen molar-refractivity contribution >= 4 is 11.7 Å². The van der Waals surface area contributed by atoms with Crippen LogP contribution in [-0.2, 0) is 4.74 Å². The summed E-state index contributed by atoms with van der Waals surface area (Å²) in [5, 5.41) is 10.1. The average molecular weight is 321 g/mol. The number of methoxy groups -OCH3 is 1. The molecule has 0 saturated heterocycles. The minimum atomic E-state index is -0.331. The summed E-state index contributed by atoms with van der Waals surface area (Å²) >= 11 is 0. The zero-order valence-electron chi connectivity index (χ0n) is 14.8. The fourth-order valence-electron chi connectivity index (χ4n) is 2.64. The molecule has 4 nitrogen and oxygen atoms in total. The van der Waals surface area contributed by atoms with E-state index < -0.39 is 0 Å². The number of esters is 1. The maximum atomic E-state index is 11.4. The quantitative estimate of drug-likeness (QED) is 0.494. The second-order valence-electron chi connectivity index (χ2n) is 6.13. The summed E-state index contributed by atoms with van der Waals surface area (Å²) in [5.41, 5.74) is 1.52. The Labute approximate surface area is 140 Å². The summed E-state index contributed by atoms with van der Waals surface area (Å²) in [5.74, 6) is -0.331. The number of aliphatic hydroxyl groups is 1. The number of rotatable bonds is 11. The van der Waals surface area contributed by atoms with Crippen molar-refractivity contribution in [3.8, 4) is 0 Å². The molecule has 0 amide bonds. The molecule has 1 N–H and O–H groups in total. The molecule has 1 atom stereocenters. The summed E-state index contributed by atoms with van der Waals surface area (Å²) in [6.07, 6.45) is 7.97. The highest BCUT2D eigenvalue weighted by molar-refractivity contribution is 5.89. The number of carbonyl (C=O) groups is 1. The number of unbranched alkanes of at least 4 members (excludes halogenated alkanes) is 5. The van der Waals surface area contributed by atoms with E-state index in [4.69, 9.17) is 0 Å². The fraction of sp³-hybridized carbons (Fsp3) is 0.632. The molecule has 130 valence electrons. The van der Waals surface area contributed by atoms with E-state index in [1.807, 2.05) is 24.1 Å². The van der Waals surface area contributed by atoms with Crippen LogP contribution in [0.1, 0.15) is 62.2 Å². The number of nitrogens with zero attached hydrogens (tertiary/aromatic N) is 1. The Hall–Kier alpha value is -1.55. The molecule has 0 aromatic heterocycles.